The average molecular weight is 406 g/mol. The summed E-state index contributed by atoms with van der Waals surface area (Å²) in [7, 11) is 1.84. The number of hydrogen-bond donors (Lipinski definition) is 3. The maximum Gasteiger partial charge on any atom is 0.191 e. The summed E-state index contributed by atoms with van der Waals surface area (Å²) in [5.41, 5.74) is 4.48. The van der Waals surface area contributed by atoms with Crippen molar-refractivity contribution >= 4 is 5.96 Å². The Kier molecular flexibility index (Phi) is 6.90. The van der Waals surface area contributed by atoms with E-state index in [2.05, 4.69) is 71.2 Å². The molecule has 1 aromatic heterocycles. The van der Waals surface area contributed by atoms with Gasteiger partial charge in [0.1, 0.15) is 5.60 Å². The minimum Gasteiger partial charge on any atom is -0.383 e. The quantitative estimate of drug-likeness (QED) is 0.416. The summed E-state index contributed by atoms with van der Waals surface area (Å²) in [5.74, 6) is 0.669. The summed E-state index contributed by atoms with van der Waals surface area (Å²) in [6.07, 6.45) is 3.51. The predicted molar refractivity (Wildman–Crippen MR) is 122 cm³/mol. The van der Waals surface area contributed by atoms with Gasteiger partial charge < -0.3 is 15.7 Å². The van der Waals surface area contributed by atoms with Crippen molar-refractivity contribution in [3.8, 4) is 11.1 Å². The van der Waals surface area contributed by atoms with Crippen molar-refractivity contribution < 1.29 is 5.11 Å². The monoisotopic (exact) mass is 405 g/mol. The molecule has 3 rings (SSSR count). The van der Waals surface area contributed by atoms with E-state index in [1.807, 2.05) is 20.2 Å². The molecule has 0 spiro atoms. The van der Waals surface area contributed by atoms with E-state index in [1.165, 1.54) is 16.7 Å². The van der Waals surface area contributed by atoms with Gasteiger partial charge in [-0.05, 0) is 43.5 Å². The second kappa shape index (κ2) is 9.59. The molecule has 3 aromatic rings. The van der Waals surface area contributed by atoms with Crippen molar-refractivity contribution in [2.75, 3.05) is 13.1 Å². The Labute approximate surface area is 178 Å². The summed E-state index contributed by atoms with van der Waals surface area (Å²) in [6, 6.07) is 16.9. The van der Waals surface area contributed by atoms with E-state index < -0.39 is 5.60 Å². The van der Waals surface area contributed by atoms with E-state index in [0.29, 0.717) is 19.0 Å². The summed E-state index contributed by atoms with van der Waals surface area (Å²) in [6.45, 7) is 7.51. The van der Waals surface area contributed by atoms with Crippen LogP contribution in [0.1, 0.15) is 30.5 Å². The molecule has 3 N–H and O–H groups in total. The zero-order valence-corrected chi connectivity index (χ0v) is 18.2. The topological polar surface area (TPSA) is 74.5 Å². The zero-order chi connectivity index (χ0) is 21.6. The molecule has 1 unspecified atom stereocenters. The van der Waals surface area contributed by atoms with Crippen molar-refractivity contribution in [3.05, 3.63) is 77.6 Å². The fourth-order valence-corrected chi connectivity index (χ4v) is 3.24. The van der Waals surface area contributed by atoms with Crippen LogP contribution in [0.5, 0.6) is 0 Å². The van der Waals surface area contributed by atoms with Gasteiger partial charge in [-0.25, -0.2) is 4.99 Å². The number of guanidine groups is 1. The first-order valence-corrected chi connectivity index (χ1v) is 10.3. The molecule has 6 heteroatoms. The third-order valence-electron chi connectivity index (χ3n) is 4.97. The number of benzene rings is 2. The lowest BCUT2D eigenvalue weighted by Crippen LogP contribution is -2.44. The number of aliphatic hydroxyl groups is 1. The van der Waals surface area contributed by atoms with Crippen LogP contribution >= 0.6 is 0 Å². The summed E-state index contributed by atoms with van der Waals surface area (Å²) in [4.78, 5) is 4.70. The van der Waals surface area contributed by atoms with Crippen LogP contribution in [-0.4, -0.2) is 33.9 Å². The Hall–Kier alpha value is -3.12. The fraction of sp³-hybridized carbons (Fsp3) is 0.333. The fourth-order valence-electron chi connectivity index (χ4n) is 3.24. The Morgan fingerprint density at radius 1 is 1.13 bits per heavy atom. The first kappa shape index (κ1) is 21.6. The lowest BCUT2D eigenvalue weighted by Gasteiger charge is -2.23. The second-order valence-corrected chi connectivity index (χ2v) is 7.80. The van der Waals surface area contributed by atoms with Gasteiger partial charge in [0, 0.05) is 25.4 Å². The van der Waals surface area contributed by atoms with Crippen molar-refractivity contribution in [1.29, 1.82) is 0 Å². The Morgan fingerprint density at radius 2 is 1.87 bits per heavy atom. The van der Waals surface area contributed by atoms with Gasteiger partial charge in [-0.3, -0.25) is 4.68 Å². The minimum atomic E-state index is -1.05. The summed E-state index contributed by atoms with van der Waals surface area (Å²) in [5, 5.41) is 21.4. The molecule has 158 valence electrons. The molecule has 0 fully saturated rings. The SMILES string of the molecule is CCNC(=NCc1cccc(-c2cccc(C)c2)c1)NCC(C)(O)c1cnn(C)c1. The number of aliphatic imine (C=N–C) groups is 1. The summed E-state index contributed by atoms with van der Waals surface area (Å²) < 4.78 is 1.68. The maximum absolute atomic E-state index is 10.8. The first-order chi connectivity index (χ1) is 14.4. The Balaban J connectivity index is 1.69. The third-order valence-corrected chi connectivity index (χ3v) is 4.97. The number of aromatic nitrogens is 2. The van der Waals surface area contributed by atoms with E-state index in [1.54, 1.807) is 17.8 Å². The highest BCUT2D eigenvalue weighted by molar-refractivity contribution is 5.79. The number of hydrogen-bond acceptors (Lipinski definition) is 3. The maximum atomic E-state index is 10.8. The van der Waals surface area contributed by atoms with E-state index in [0.717, 1.165) is 17.7 Å². The highest BCUT2D eigenvalue weighted by atomic mass is 16.3. The van der Waals surface area contributed by atoms with Crippen molar-refractivity contribution in [2.24, 2.45) is 12.0 Å². The number of nitrogens with zero attached hydrogens (tertiary/aromatic N) is 3. The molecule has 1 atom stereocenters. The largest absolute Gasteiger partial charge is 0.383 e. The van der Waals surface area contributed by atoms with Gasteiger partial charge in [0.15, 0.2) is 5.96 Å². The lowest BCUT2D eigenvalue weighted by molar-refractivity contribution is 0.0616. The minimum absolute atomic E-state index is 0.327. The van der Waals surface area contributed by atoms with Gasteiger partial charge in [-0.1, -0.05) is 48.0 Å². The third kappa shape index (κ3) is 5.70. The van der Waals surface area contributed by atoms with Crippen LogP contribution in [0.25, 0.3) is 11.1 Å². The van der Waals surface area contributed by atoms with Crippen LogP contribution in [0.3, 0.4) is 0 Å². The molecule has 0 radical (unpaired) electrons. The standard InChI is InChI=1S/C24H31N5O/c1-5-25-23(27-17-24(3,30)22-15-28-29(4)16-22)26-14-19-9-7-11-21(13-19)20-10-6-8-18(2)12-20/h6-13,15-16,30H,5,14,17H2,1-4H3,(H2,25,26,27). The Morgan fingerprint density at radius 3 is 2.53 bits per heavy atom. The first-order valence-electron chi connectivity index (χ1n) is 10.3. The molecule has 0 bridgehead atoms. The average Bonchev–Trinajstić information content (AvgIpc) is 3.18. The van der Waals surface area contributed by atoms with Crippen LogP contribution in [0.4, 0.5) is 0 Å². The molecule has 0 saturated heterocycles. The van der Waals surface area contributed by atoms with Gasteiger partial charge in [0.2, 0.25) is 0 Å². The molecule has 0 aliphatic rings. The van der Waals surface area contributed by atoms with Crippen molar-refractivity contribution in [3.63, 3.8) is 0 Å². The second-order valence-electron chi connectivity index (χ2n) is 7.80. The predicted octanol–water partition coefficient (Wildman–Crippen LogP) is 3.36. The summed E-state index contributed by atoms with van der Waals surface area (Å²) >= 11 is 0. The molecule has 0 saturated carbocycles. The molecule has 0 aliphatic carbocycles. The van der Waals surface area contributed by atoms with Gasteiger partial charge in [-0.15, -0.1) is 0 Å². The van der Waals surface area contributed by atoms with Gasteiger partial charge >= 0.3 is 0 Å². The van der Waals surface area contributed by atoms with E-state index in [4.69, 9.17) is 4.99 Å². The molecule has 2 aromatic carbocycles. The highest BCUT2D eigenvalue weighted by Gasteiger charge is 2.24. The lowest BCUT2D eigenvalue weighted by atomic mass is 10.00. The van der Waals surface area contributed by atoms with Crippen LogP contribution in [0.2, 0.25) is 0 Å². The van der Waals surface area contributed by atoms with Gasteiger partial charge in [-0.2, -0.15) is 5.10 Å². The van der Waals surface area contributed by atoms with Crippen molar-refractivity contribution in [1.82, 2.24) is 20.4 Å². The van der Waals surface area contributed by atoms with E-state index in [-0.39, 0.29) is 0 Å². The van der Waals surface area contributed by atoms with Gasteiger partial charge in [0.25, 0.3) is 0 Å². The number of nitrogens with one attached hydrogen (secondary N) is 2. The van der Waals surface area contributed by atoms with Crippen LogP contribution in [0.15, 0.2) is 65.9 Å². The van der Waals surface area contributed by atoms with Crippen LogP contribution < -0.4 is 10.6 Å². The highest BCUT2D eigenvalue weighted by Crippen LogP contribution is 2.22. The molecule has 0 amide bonds. The molecule has 6 nitrogen and oxygen atoms in total. The molecule has 1 heterocycles. The van der Waals surface area contributed by atoms with Crippen LogP contribution in [0, 0.1) is 6.92 Å². The smallest absolute Gasteiger partial charge is 0.191 e. The van der Waals surface area contributed by atoms with Crippen molar-refractivity contribution in [2.45, 2.75) is 32.9 Å². The number of aryl methyl sites for hydroxylation is 2. The zero-order valence-electron chi connectivity index (χ0n) is 18.2. The van der Waals surface area contributed by atoms with Gasteiger partial charge in [0.05, 0.1) is 19.3 Å². The van der Waals surface area contributed by atoms with E-state index in [9.17, 15) is 5.11 Å². The van der Waals surface area contributed by atoms with Crippen LogP contribution in [-0.2, 0) is 19.2 Å². The molecule has 30 heavy (non-hydrogen) atoms. The Bertz CT molecular complexity index is 1010. The normalized spacial score (nSPS) is 13.7. The molecular formula is C24H31N5O. The van der Waals surface area contributed by atoms with E-state index >= 15 is 0 Å². The molecular weight excluding hydrogens is 374 g/mol. The number of rotatable bonds is 7. The molecule has 0 aliphatic heterocycles.